The Labute approximate surface area is 137 Å². The number of nitrogens with two attached hydrogens (primary N) is 1. The van der Waals surface area contributed by atoms with E-state index in [1.165, 1.54) is 0 Å². The number of hydrogen-bond acceptors (Lipinski definition) is 6. The van der Waals surface area contributed by atoms with E-state index in [-0.39, 0.29) is 0 Å². The Balaban J connectivity index is 1.65. The molecule has 120 valence electrons. The Hall–Kier alpha value is -3.03. The summed E-state index contributed by atoms with van der Waals surface area (Å²) in [7, 11) is 0. The van der Waals surface area contributed by atoms with Crippen LogP contribution >= 0.6 is 0 Å². The molecule has 2 aromatic carbocycles. The lowest BCUT2D eigenvalue weighted by Gasteiger charge is -2.27. The summed E-state index contributed by atoms with van der Waals surface area (Å²) in [4.78, 5) is 20.4. The molecule has 0 fully saturated rings. The van der Waals surface area contributed by atoms with Crippen molar-refractivity contribution in [3.05, 3.63) is 54.2 Å². The first kappa shape index (κ1) is 14.6. The van der Waals surface area contributed by atoms with Crippen molar-refractivity contribution in [2.75, 3.05) is 5.06 Å². The molecule has 2 heterocycles. The van der Waals surface area contributed by atoms with Gasteiger partial charge in [-0.1, -0.05) is 12.1 Å². The second-order valence-electron chi connectivity index (χ2n) is 5.55. The molecule has 0 saturated heterocycles. The summed E-state index contributed by atoms with van der Waals surface area (Å²) in [6.07, 6.45) is 1.89. The molecular formula is C17H14N4O3. The van der Waals surface area contributed by atoms with Crippen molar-refractivity contribution < 1.29 is 14.7 Å². The van der Waals surface area contributed by atoms with Crippen LogP contribution in [0.4, 0.5) is 5.69 Å². The highest BCUT2D eigenvalue weighted by Crippen LogP contribution is 2.31. The molecule has 0 saturated carbocycles. The van der Waals surface area contributed by atoms with E-state index in [0.717, 1.165) is 16.6 Å². The predicted molar refractivity (Wildman–Crippen MR) is 87.0 cm³/mol. The molecule has 1 aromatic heterocycles. The second-order valence-corrected chi connectivity index (χ2v) is 5.55. The van der Waals surface area contributed by atoms with Crippen molar-refractivity contribution in [3.63, 3.8) is 0 Å². The average molecular weight is 322 g/mol. The van der Waals surface area contributed by atoms with E-state index in [0.29, 0.717) is 28.8 Å². The van der Waals surface area contributed by atoms with Gasteiger partial charge in [0.05, 0.1) is 29.0 Å². The van der Waals surface area contributed by atoms with Gasteiger partial charge in [0.2, 0.25) is 5.88 Å². The molecule has 0 radical (unpaired) electrons. The zero-order valence-electron chi connectivity index (χ0n) is 12.6. The number of carbonyl (C=O) groups excluding carboxylic acids is 1. The topological polar surface area (TPSA) is 102 Å². The predicted octanol–water partition coefficient (Wildman–Crippen LogP) is 2.03. The molecule has 1 aliphatic rings. The van der Waals surface area contributed by atoms with Crippen LogP contribution in [0.2, 0.25) is 0 Å². The van der Waals surface area contributed by atoms with Gasteiger partial charge in [-0.15, -0.1) is 0 Å². The molecule has 7 nitrogen and oxygen atoms in total. The molecule has 1 aliphatic heterocycles. The van der Waals surface area contributed by atoms with Crippen LogP contribution in [0.1, 0.15) is 5.56 Å². The number of amides is 1. The number of anilines is 1. The second kappa shape index (κ2) is 5.55. The molecular weight excluding hydrogens is 308 g/mol. The van der Waals surface area contributed by atoms with E-state index >= 15 is 0 Å². The maximum atomic E-state index is 11.7. The maximum Gasteiger partial charge on any atom is 0.267 e. The van der Waals surface area contributed by atoms with Crippen molar-refractivity contribution in [2.24, 2.45) is 5.73 Å². The highest BCUT2D eigenvalue weighted by molar-refractivity contribution is 5.98. The van der Waals surface area contributed by atoms with Crippen LogP contribution in [0.3, 0.4) is 0 Å². The Morgan fingerprint density at radius 3 is 2.83 bits per heavy atom. The van der Waals surface area contributed by atoms with Crippen LogP contribution in [0.5, 0.6) is 11.6 Å². The van der Waals surface area contributed by atoms with Gasteiger partial charge in [0.1, 0.15) is 5.75 Å². The van der Waals surface area contributed by atoms with Crippen molar-refractivity contribution in [1.82, 2.24) is 9.97 Å². The fourth-order valence-corrected chi connectivity index (χ4v) is 2.71. The first-order valence-corrected chi connectivity index (χ1v) is 7.43. The van der Waals surface area contributed by atoms with E-state index in [9.17, 15) is 10.0 Å². The van der Waals surface area contributed by atoms with Gasteiger partial charge in [-0.05, 0) is 42.3 Å². The van der Waals surface area contributed by atoms with Crippen LogP contribution in [-0.2, 0) is 11.2 Å². The number of para-hydroxylation sites is 2. The Bertz CT molecular complexity index is 944. The van der Waals surface area contributed by atoms with Crippen LogP contribution in [-0.4, -0.2) is 27.1 Å². The van der Waals surface area contributed by atoms with E-state index in [4.69, 9.17) is 10.5 Å². The van der Waals surface area contributed by atoms with Gasteiger partial charge in [0.25, 0.3) is 5.91 Å². The number of rotatable bonds is 2. The normalized spacial score (nSPS) is 17.0. The molecule has 1 atom stereocenters. The molecule has 0 bridgehead atoms. The van der Waals surface area contributed by atoms with Crippen LogP contribution in [0.25, 0.3) is 11.0 Å². The third-order valence-electron chi connectivity index (χ3n) is 3.89. The molecule has 3 N–H and O–H groups in total. The molecule has 0 spiro atoms. The summed E-state index contributed by atoms with van der Waals surface area (Å²) in [6.45, 7) is 0. The Morgan fingerprint density at radius 1 is 1.21 bits per heavy atom. The quantitative estimate of drug-likeness (QED) is 0.700. The van der Waals surface area contributed by atoms with E-state index < -0.39 is 11.9 Å². The van der Waals surface area contributed by atoms with Crippen LogP contribution in [0.15, 0.2) is 48.7 Å². The minimum atomic E-state index is -0.766. The molecule has 0 aliphatic carbocycles. The number of nitrogens with zero attached hydrogens (tertiary/aromatic N) is 3. The average Bonchev–Trinajstić information content (AvgIpc) is 2.59. The molecule has 1 unspecified atom stereocenters. The zero-order chi connectivity index (χ0) is 16.7. The van der Waals surface area contributed by atoms with Crippen LogP contribution in [0, 0.1) is 0 Å². The smallest absolute Gasteiger partial charge is 0.267 e. The van der Waals surface area contributed by atoms with Gasteiger partial charge in [-0.3, -0.25) is 10.0 Å². The third kappa shape index (κ3) is 2.45. The van der Waals surface area contributed by atoms with Gasteiger partial charge in [-0.2, -0.15) is 5.06 Å². The Kier molecular flexibility index (Phi) is 3.37. The first-order chi connectivity index (χ1) is 11.6. The number of aromatic nitrogens is 2. The minimum Gasteiger partial charge on any atom is -0.437 e. The summed E-state index contributed by atoms with van der Waals surface area (Å²) in [5.41, 5.74) is 8.41. The standard InChI is InChI=1S/C17H14N4O3/c18-12-8-10-7-11(5-6-15(10)21(23)17(12)22)24-16-9-19-13-3-1-2-4-14(13)20-16/h1-7,9,12,23H,8,18H2. The van der Waals surface area contributed by atoms with Crippen molar-refractivity contribution in [2.45, 2.75) is 12.5 Å². The molecule has 1 amide bonds. The highest BCUT2D eigenvalue weighted by atomic mass is 16.5. The molecule has 24 heavy (non-hydrogen) atoms. The monoisotopic (exact) mass is 322 g/mol. The maximum absolute atomic E-state index is 11.7. The lowest BCUT2D eigenvalue weighted by Crippen LogP contribution is -2.47. The van der Waals surface area contributed by atoms with Gasteiger partial charge in [0, 0.05) is 0 Å². The van der Waals surface area contributed by atoms with Crippen molar-refractivity contribution in [1.29, 1.82) is 0 Å². The highest BCUT2D eigenvalue weighted by Gasteiger charge is 2.29. The molecule has 3 aromatic rings. The molecule has 4 rings (SSSR count). The lowest BCUT2D eigenvalue weighted by atomic mass is 9.99. The first-order valence-electron chi connectivity index (χ1n) is 7.43. The Morgan fingerprint density at radius 2 is 2.00 bits per heavy atom. The summed E-state index contributed by atoms with van der Waals surface area (Å²) in [5, 5.41) is 10.4. The largest absolute Gasteiger partial charge is 0.437 e. The lowest BCUT2D eigenvalue weighted by molar-refractivity contribution is -0.125. The number of benzene rings is 2. The van der Waals surface area contributed by atoms with Crippen LogP contribution < -0.4 is 15.5 Å². The summed E-state index contributed by atoms with van der Waals surface area (Å²) in [5.74, 6) is 0.385. The number of ether oxygens (including phenoxy) is 1. The summed E-state index contributed by atoms with van der Waals surface area (Å²) >= 11 is 0. The number of fused-ring (bicyclic) bond motifs is 2. The number of carbonyl (C=O) groups is 1. The van der Waals surface area contributed by atoms with E-state index in [1.54, 1.807) is 24.4 Å². The fraction of sp³-hybridized carbons (Fsp3) is 0.118. The SMILES string of the molecule is NC1Cc2cc(Oc3cnc4ccccc4n3)ccc2N(O)C1=O. The summed E-state index contributed by atoms with van der Waals surface area (Å²) < 4.78 is 5.75. The minimum absolute atomic E-state index is 0.339. The number of hydrogen-bond donors (Lipinski definition) is 2. The van der Waals surface area contributed by atoms with Gasteiger partial charge < -0.3 is 10.5 Å². The van der Waals surface area contributed by atoms with Gasteiger partial charge in [0.15, 0.2) is 0 Å². The zero-order valence-corrected chi connectivity index (χ0v) is 12.6. The van der Waals surface area contributed by atoms with Gasteiger partial charge >= 0.3 is 0 Å². The summed E-state index contributed by atoms with van der Waals surface area (Å²) in [6, 6.07) is 11.8. The van der Waals surface area contributed by atoms with Crippen molar-refractivity contribution in [3.8, 4) is 11.6 Å². The van der Waals surface area contributed by atoms with Crippen molar-refractivity contribution >= 4 is 22.6 Å². The fourth-order valence-electron chi connectivity index (χ4n) is 2.71. The van der Waals surface area contributed by atoms with E-state index in [1.807, 2.05) is 24.3 Å². The van der Waals surface area contributed by atoms with Gasteiger partial charge in [-0.25, -0.2) is 9.97 Å². The third-order valence-corrected chi connectivity index (χ3v) is 3.89. The number of hydroxylamine groups is 1. The molecule has 7 heteroatoms. The van der Waals surface area contributed by atoms with E-state index in [2.05, 4.69) is 9.97 Å².